The first-order valence-corrected chi connectivity index (χ1v) is 12.5. The van der Waals surface area contributed by atoms with Gasteiger partial charge in [0.1, 0.15) is 12.6 Å². The van der Waals surface area contributed by atoms with E-state index in [0.717, 1.165) is 22.4 Å². The average molecular weight is 511 g/mol. The van der Waals surface area contributed by atoms with Crippen LogP contribution >= 0.6 is 0 Å². The van der Waals surface area contributed by atoms with Gasteiger partial charge in [0, 0.05) is 11.4 Å². The topological polar surface area (TPSA) is 103 Å². The molecule has 5 rings (SSSR count). The van der Waals surface area contributed by atoms with E-state index in [0.29, 0.717) is 41.9 Å². The highest BCUT2D eigenvalue weighted by molar-refractivity contribution is 6.06. The monoisotopic (exact) mass is 510 g/mol. The third kappa shape index (κ3) is 5.08. The molecule has 4 aromatic rings. The number of allylic oxidation sites excluding steroid dienone is 1. The molecule has 1 amide bonds. The number of tetrazole rings is 1. The molecule has 0 radical (unpaired) electrons. The molecule has 1 unspecified atom stereocenters. The molecule has 0 aliphatic carbocycles. The normalized spacial score (nSPS) is 14.5. The first-order chi connectivity index (χ1) is 18.4. The largest absolute Gasteiger partial charge is 0.490 e. The van der Waals surface area contributed by atoms with Crippen molar-refractivity contribution in [2.75, 3.05) is 17.2 Å². The molecule has 9 nitrogen and oxygen atoms in total. The number of benzene rings is 3. The summed E-state index contributed by atoms with van der Waals surface area (Å²) in [5, 5.41) is 18.3. The number of hydrogen-bond acceptors (Lipinski definition) is 7. The lowest BCUT2D eigenvalue weighted by atomic mass is 9.94. The maximum absolute atomic E-state index is 13.7. The fourth-order valence-corrected chi connectivity index (χ4v) is 4.56. The number of aryl methyl sites for hydroxylation is 2. The summed E-state index contributed by atoms with van der Waals surface area (Å²) < 4.78 is 13.7. The van der Waals surface area contributed by atoms with Gasteiger partial charge in [-0.2, -0.15) is 4.68 Å². The van der Waals surface area contributed by atoms with Crippen LogP contribution in [0.4, 0.5) is 11.6 Å². The molecule has 1 aliphatic rings. The van der Waals surface area contributed by atoms with Gasteiger partial charge in [0.15, 0.2) is 11.5 Å². The van der Waals surface area contributed by atoms with Gasteiger partial charge in [0.25, 0.3) is 5.91 Å². The molecule has 9 heteroatoms. The fraction of sp³-hybridized carbons (Fsp3) is 0.241. The number of rotatable bonds is 8. The number of nitrogens with zero attached hydrogens (tertiary/aromatic N) is 4. The smallest absolute Gasteiger partial charge is 0.255 e. The lowest BCUT2D eigenvalue weighted by molar-refractivity contribution is -0.113. The fourth-order valence-electron chi connectivity index (χ4n) is 4.56. The summed E-state index contributed by atoms with van der Waals surface area (Å²) in [6.45, 7) is 8.65. The number of hydrogen-bond donors (Lipinski definition) is 2. The molecule has 0 spiro atoms. The lowest BCUT2D eigenvalue weighted by Crippen LogP contribution is -2.31. The molecular weight excluding hydrogens is 480 g/mol. The third-order valence-electron chi connectivity index (χ3n) is 6.41. The predicted octanol–water partition coefficient (Wildman–Crippen LogP) is 5.20. The zero-order valence-electron chi connectivity index (χ0n) is 21.9. The molecule has 2 N–H and O–H groups in total. The number of ether oxygens (including phenoxy) is 2. The van der Waals surface area contributed by atoms with E-state index < -0.39 is 6.04 Å². The molecule has 1 aliphatic heterocycles. The Balaban J connectivity index is 1.50. The summed E-state index contributed by atoms with van der Waals surface area (Å²) in [5.74, 6) is 1.42. The highest BCUT2D eigenvalue weighted by Gasteiger charge is 2.34. The van der Waals surface area contributed by atoms with Gasteiger partial charge in [-0.25, -0.2) is 0 Å². The summed E-state index contributed by atoms with van der Waals surface area (Å²) in [6.07, 6.45) is 0. The van der Waals surface area contributed by atoms with Crippen molar-refractivity contribution in [2.24, 2.45) is 0 Å². The lowest BCUT2D eigenvalue weighted by Gasteiger charge is -2.28. The minimum atomic E-state index is -0.574. The molecular formula is C29H30N6O3. The quantitative estimate of drug-likeness (QED) is 0.336. The second-order valence-corrected chi connectivity index (χ2v) is 9.20. The van der Waals surface area contributed by atoms with E-state index in [1.165, 1.54) is 5.56 Å². The molecule has 0 fully saturated rings. The van der Waals surface area contributed by atoms with Crippen LogP contribution in [0.3, 0.4) is 0 Å². The summed E-state index contributed by atoms with van der Waals surface area (Å²) in [4.78, 5) is 13.7. The maximum Gasteiger partial charge on any atom is 0.255 e. The van der Waals surface area contributed by atoms with Crippen molar-refractivity contribution in [1.29, 1.82) is 0 Å². The Morgan fingerprint density at radius 1 is 1.00 bits per heavy atom. The summed E-state index contributed by atoms with van der Waals surface area (Å²) >= 11 is 0. The van der Waals surface area contributed by atoms with Crippen molar-refractivity contribution in [3.63, 3.8) is 0 Å². The van der Waals surface area contributed by atoms with Crippen molar-refractivity contribution in [3.8, 4) is 11.5 Å². The Morgan fingerprint density at radius 3 is 2.63 bits per heavy atom. The van der Waals surface area contributed by atoms with Crippen LogP contribution in [0.25, 0.3) is 0 Å². The minimum absolute atomic E-state index is 0.242. The first-order valence-electron chi connectivity index (χ1n) is 12.5. The Hall–Kier alpha value is -4.66. The highest BCUT2D eigenvalue weighted by atomic mass is 16.5. The molecule has 1 atom stereocenters. The zero-order valence-corrected chi connectivity index (χ0v) is 21.9. The number of aromatic nitrogens is 4. The van der Waals surface area contributed by atoms with Gasteiger partial charge < -0.3 is 20.1 Å². The molecule has 0 bridgehead atoms. The van der Waals surface area contributed by atoms with Crippen molar-refractivity contribution in [2.45, 2.75) is 40.3 Å². The number of amides is 1. The van der Waals surface area contributed by atoms with Gasteiger partial charge >= 0.3 is 0 Å². The van der Waals surface area contributed by atoms with Gasteiger partial charge in [0.2, 0.25) is 5.95 Å². The first kappa shape index (κ1) is 25.0. The van der Waals surface area contributed by atoms with Crippen LogP contribution in [0.15, 0.2) is 78.0 Å². The highest BCUT2D eigenvalue weighted by Crippen LogP contribution is 2.39. The van der Waals surface area contributed by atoms with Crippen molar-refractivity contribution in [3.05, 3.63) is 100 Å². The van der Waals surface area contributed by atoms with Crippen molar-refractivity contribution < 1.29 is 14.3 Å². The third-order valence-corrected chi connectivity index (χ3v) is 6.41. The molecule has 38 heavy (non-hydrogen) atoms. The van der Waals surface area contributed by atoms with E-state index in [-0.39, 0.29) is 5.91 Å². The summed E-state index contributed by atoms with van der Waals surface area (Å²) in [7, 11) is 0. The van der Waals surface area contributed by atoms with Gasteiger partial charge in [0.05, 0.1) is 12.2 Å². The second-order valence-electron chi connectivity index (χ2n) is 9.20. The van der Waals surface area contributed by atoms with E-state index in [9.17, 15) is 4.79 Å². The van der Waals surface area contributed by atoms with Crippen LogP contribution < -0.4 is 20.1 Å². The Morgan fingerprint density at radius 2 is 1.84 bits per heavy atom. The van der Waals surface area contributed by atoms with E-state index >= 15 is 0 Å². The number of fused-ring (bicyclic) bond motifs is 1. The Kier molecular flexibility index (Phi) is 7.08. The van der Waals surface area contributed by atoms with Crippen LogP contribution in [-0.4, -0.2) is 32.7 Å². The van der Waals surface area contributed by atoms with Crippen molar-refractivity contribution in [1.82, 2.24) is 20.2 Å². The number of para-hydroxylation sites is 1. The number of carbonyl (C=O) groups excluding carboxylic acids is 1. The molecule has 3 aromatic carbocycles. The summed E-state index contributed by atoms with van der Waals surface area (Å²) in [5.41, 5.74) is 5.92. The average Bonchev–Trinajstić information content (AvgIpc) is 3.36. The SMILES string of the molecule is CCOc1cc(C2C(C(=O)Nc3ccccc3C)=C(C)Nc3nnnn32)ccc1OCc1cccc(C)c1. The molecule has 2 heterocycles. The standard InChI is InChI=1S/C29H30N6O3/c1-5-37-25-16-22(13-14-24(25)38-17-21-11-8-9-18(2)15-21)27-26(20(4)30-29-32-33-34-35(27)29)28(36)31-23-12-7-6-10-19(23)3/h6-16,27H,5,17H2,1-4H3,(H,31,36)(H,30,32,34). The number of carbonyl (C=O) groups is 1. The molecule has 194 valence electrons. The van der Waals surface area contributed by atoms with Gasteiger partial charge in [-0.05, 0) is 73.0 Å². The number of anilines is 2. The molecule has 0 saturated carbocycles. The Bertz CT molecular complexity index is 1510. The summed E-state index contributed by atoms with van der Waals surface area (Å²) in [6, 6.07) is 21.0. The van der Waals surface area contributed by atoms with Crippen LogP contribution in [0.2, 0.25) is 0 Å². The van der Waals surface area contributed by atoms with Crippen LogP contribution in [-0.2, 0) is 11.4 Å². The maximum atomic E-state index is 13.7. The minimum Gasteiger partial charge on any atom is -0.490 e. The van der Waals surface area contributed by atoms with Crippen molar-refractivity contribution >= 4 is 17.5 Å². The van der Waals surface area contributed by atoms with E-state index in [2.05, 4.69) is 45.2 Å². The van der Waals surface area contributed by atoms with E-state index in [1.807, 2.05) is 75.4 Å². The van der Waals surface area contributed by atoms with Gasteiger partial charge in [-0.3, -0.25) is 4.79 Å². The Labute approximate surface area is 221 Å². The predicted molar refractivity (Wildman–Crippen MR) is 145 cm³/mol. The van der Waals surface area contributed by atoms with Crippen LogP contribution in [0, 0.1) is 13.8 Å². The van der Waals surface area contributed by atoms with Crippen LogP contribution in [0.5, 0.6) is 11.5 Å². The van der Waals surface area contributed by atoms with E-state index in [4.69, 9.17) is 9.47 Å². The van der Waals surface area contributed by atoms with Gasteiger partial charge in [-0.15, -0.1) is 0 Å². The van der Waals surface area contributed by atoms with E-state index in [1.54, 1.807) is 4.68 Å². The van der Waals surface area contributed by atoms with Crippen LogP contribution in [0.1, 0.15) is 42.1 Å². The molecule has 0 saturated heterocycles. The second kappa shape index (κ2) is 10.8. The number of nitrogens with one attached hydrogen (secondary N) is 2. The zero-order chi connectivity index (χ0) is 26.6. The van der Waals surface area contributed by atoms with Gasteiger partial charge in [-0.1, -0.05) is 59.2 Å². The molecule has 1 aromatic heterocycles.